The van der Waals surface area contributed by atoms with E-state index in [2.05, 4.69) is 10.1 Å². The molecule has 0 heterocycles. The van der Waals surface area contributed by atoms with Gasteiger partial charge in [0.05, 0.1) is 13.7 Å². The van der Waals surface area contributed by atoms with Crippen LogP contribution >= 0.6 is 0 Å². The van der Waals surface area contributed by atoms with Crippen LogP contribution < -0.4 is 11.1 Å². The molecule has 0 aliphatic rings. The van der Waals surface area contributed by atoms with Crippen LogP contribution in [-0.2, 0) is 20.7 Å². The van der Waals surface area contributed by atoms with Gasteiger partial charge in [-0.3, -0.25) is 4.79 Å². The summed E-state index contributed by atoms with van der Waals surface area (Å²) in [6.45, 7) is -0.151. The molecule has 1 rings (SSSR count). The molecule has 0 aromatic heterocycles. The van der Waals surface area contributed by atoms with Gasteiger partial charge in [-0.05, 0) is 5.56 Å². The van der Waals surface area contributed by atoms with Crippen LogP contribution in [0.15, 0.2) is 30.3 Å². The van der Waals surface area contributed by atoms with Crippen molar-refractivity contribution in [3.05, 3.63) is 35.9 Å². The standard InChI is InChI=1S/C12H16N2O3/c1-17-12(16)10(14-11(15)8-13)7-9-5-3-2-4-6-9/h2-6,10H,7-8,13H2,1H3,(H,14,15)/t10-/m0/s1. The van der Waals surface area contributed by atoms with E-state index < -0.39 is 12.0 Å². The fourth-order valence-electron chi connectivity index (χ4n) is 1.44. The van der Waals surface area contributed by atoms with Crippen LogP contribution in [-0.4, -0.2) is 31.6 Å². The zero-order valence-corrected chi connectivity index (χ0v) is 9.68. The Morgan fingerprint density at radius 2 is 2.00 bits per heavy atom. The van der Waals surface area contributed by atoms with Crippen molar-refractivity contribution in [1.29, 1.82) is 0 Å². The Morgan fingerprint density at radius 3 is 2.53 bits per heavy atom. The number of methoxy groups -OCH3 is 1. The molecule has 5 nitrogen and oxygen atoms in total. The second-order valence-electron chi connectivity index (χ2n) is 3.54. The van der Waals surface area contributed by atoms with Gasteiger partial charge in [-0.1, -0.05) is 30.3 Å². The molecule has 0 saturated heterocycles. The molecule has 1 aromatic carbocycles. The number of benzene rings is 1. The van der Waals surface area contributed by atoms with Gasteiger partial charge in [0.2, 0.25) is 5.91 Å². The van der Waals surface area contributed by atoms with E-state index in [0.717, 1.165) is 5.56 Å². The average Bonchev–Trinajstić information content (AvgIpc) is 2.38. The van der Waals surface area contributed by atoms with Crippen LogP contribution in [0.4, 0.5) is 0 Å². The molecule has 0 saturated carbocycles. The van der Waals surface area contributed by atoms with Gasteiger partial charge in [-0.2, -0.15) is 0 Å². The first-order chi connectivity index (χ1) is 8.17. The van der Waals surface area contributed by atoms with Crippen LogP contribution in [0.1, 0.15) is 5.56 Å². The summed E-state index contributed by atoms with van der Waals surface area (Å²) in [5.41, 5.74) is 6.14. The van der Waals surface area contributed by atoms with Crippen LogP contribution in [0, 0.1) is 0 Å². The summed E-state index contributed by atoms with van der Waals surface area (Å²) in [7, 11) is 1.29. The van der Waals surface area contributed by atoms with E-state index >= 15 is 0 Å². The summed E-state index contributed by atoms with van der Waals surface area (Å²) in [6, 6.07) is 8.69. The maximum absolute atomic E-state index is 11.5. The van der Waals surface area contributed by atoms with E-state index in [1.807, 2.05) is 30.3 Å². The number of carbonyl (C=O) groups excluding carboxylic acids is 2. The number of hydrogen-bond donors (Lipinski definition) is 2. The summed E-state index contributed by atoms with van der Waals surface area (Å²) < 4.78 is 4.64. The fraction of sp³-hybridized carbons (Fsp3) is 0.333. The van der Waals surface area contributed by atoms with Crippen LogP contribution in [0.5, 0.6) is 0 Å². The zero-order chi connectivity index (χ0) is 12.7. The minimum absolute atomic E-state index is 0.151. The van der Waals surface area contributed by atoms with Gasteiger partial charge < -0.3 is 15.8 Å². The van der Waals surface area contributed by atoms with Crippen LogP contribution in [0.2, 0.25) is 0 Å². The number of esters is 1. The third-order valence-electron chi connectivity index (χ3n) is 2.29. The molecule has 1 aromatic rings. The first kappa shape index (κ1) is 13.2. The molecule has 17 heavy (non-hydrogen) atoms. The Kier molecular flexibility index (Phi) is 5.16. The predicted molar refractivity (Wildman–Crippen MR) is 63.1 cm³/mol. The van der Waals surface area contributed by atoms with E-state index in [1.165, 1.54) is 7.11 Å². The zero-order valence-electron chi connectivity index (χ0n) is 9.68. The van der Waals surface area contributed by atoms with E-state index in [0.29, 0.717) is 6.42 Å². The molecule has 0 aliphatic carbocycles. The van der Waals surface area contributed by atoms with Gasteiger partial charge in [0, 0.05) is 6.42 Å². The maximum atomic E-state index is 11.5. The smallest absolute Gasteiger partial charge is 0.328 e. The summed E-state index contributed by atoms with van der Waals surface area (Å²) in [4.78, 5) is 22.7. The summed E-state index contributed by atoms with van der Waals surface area (Å²) in [6.07, 6.45) is 0.388. The van der Waals surface area contributed by atoms with E-state index in [4.69, 9.17) is 5.73 Å². The van der Waals surface area contributed by atoms with Crippen molar-refractivity contribution < 1.29 is 14.3 Å². The number of hydrogen-bond acceptors (Lipinski definition) is 4. The van der Waals surface area contributed by atoms with Gasteiger partial charge in [-0.15, -0.1) is 0 Å². The largest absolute Gasteiger partial charge is 0.467 e. The number of nitrogens with two attached hydrogens (primary N) is 1. The first-order valence-electron chi connectivity index (χ1n) is 5.28. The number of nitrogens with one attached hydrogen (secondary N) is 1. The molecule has 0 aliphatic heterocycles. The molecule has 0 radical (unpaired) electrons. The lowest BCUT2D eigenvalue weighted by atomic mass is 10.1. The van der Waals surface area contributed by atoms with Gasteiger partial charge in [0.25, 0.3) is 0 Å². The third kappa shape index (κ3) is 4.24. The van der Waals surface area contributed by atoms with E-state index in [-0.39, 0.29) is 12.5 Å². The van der Waals surface area contributed by atoms with E-state index in [1.54, 1.807) is 0 Å². The Hall–Kier alpha value is -1.88. The van der Waals surface area contributed by atoms with Crippen molar-refractivity contribution in [3.8, 4) is 0 Å². The lowest BCUT2D eigenvalue weighted by Crippen LogP contribution is -2.45. The minimum Gasteiger partial charge on any atom is -0.467 e. The predicted octanol–water partition coefficient (Wildman–Crippen LogP) is -0.154. The van der Waals surface area contributed by atoms with Crippen molar-refractivity contribution in [1.82, 2.24) is 5.32 Å². The number of ether oxygens (including phenoxy) is 1. The topological polar surface area (TPSA) is 81.4 Å². The Balaban J connectivity index is 2.70. The van der Waals surface area contributed by atoms with Gasteiger partial charge in [0.1, 0.15) is 6.04 Å². The van der Waals surface area contributed by atoms with Crippen LogP contribution in [0.25, 0.3) is 0 Å². The molecule has 1 amide bonds. The molecule has 0 unspecified atom stereocenters. The average molecular weight is 236 g/mol. The molecule has 0 spiro atoms. The normalized spacial score (nSPS) is 11.6. The van der Waals surface area contributed by atoms with Crippen molar-refractivity contribution in [2.45, 2.75) is 12.5 Å². The highest BCUT2D eigenvalue weighted by atomic mass is 16.5. The number of amides is 1. The Morgan fingerprint density at radius 1 is 1.35 bits per heavy atom. The first-order valence-corrected chi connectivity index (χ1v) is 5.28. The highest BCUT2D eigenvalue weighted by molar-refractivity contribution is 5.85. The third-order valence-corrected chi connectivity index (χ3v) is 2.29. The molecule has 0 fully saturated rings. The summed E-state index contributed by atoms with van der Waals surface area (Å²) in [5.74, 6) is -0.855. The minimum atomic E-state index is -0.696. The fourth-order valence-corrected chi connectivity index (χ4v) is 1.44. The Bertz CT molecular complexity index is 379. The molecule has 5 heteroatoms. The molecule has 92 valence electrons. The van der Waals surface area contributed by atoms with Gasteiger partial charge in [0.15, 0.2) is 0 Å². The second kappa shape index (κ2) is 6.65. The van der Waals surface area contributed by atoms with Gasteiger partial charge in [-0.25, -0.2) is 4.79 Å². The highest BCUT2D eigenvalue weighted by Gasteiger charge is 2.21. The molecule has 1 atom stereocenters. The lowest BCUT2D eigenvalue weighted by molar-refractivity contribution is -0.144. The Labute approximate surface area is 99.9 Å². The molecular weight excluding hydrogens is 220 g/mol. The van der Waals surface area contributed by atoms with Crippen molar-refractivity contribution in [2.75, 3.05) is 13.7 Å². The quantitative estimate of drug-likeness (QED) is 0.696. The summed E-state index contributed by atoms with van der Waals surface area (Å²) >= 11 is 0. The molecule has 3 N–H and O–H groups in total. The van der Waals surface area contributed by atoms with Crippen molar-refractivity contribution in [3.63, 3.8) is 0 Å². The van der Waals surface area contributed by atoms with Crippen molar-refractivity contribution in [2.24, 2.45) is 5.73 Å². The number of rotatable bonds is 5. The van der Waals surface area contributed by atoms with Crippen LogP contribution in [0.3, 0.4) is 0 Å². The second-order valence-corrected chi connectivity index (χ2v) is 3.54. The molecule has 0 bridgehead atoms. The van der Waals surface area contributed by atoms with E-state index in [9.17, 15) is 9.59 Å². The highest BCUT2D eigenvalue weighted by Crippen LogP contribution is 2.04. The lowest BCUT2D eigenvalue weighted by Gasteiger charge is -2.15. The summed E-state index contributed by atoms with van der Waals surface area (Å²) in [5, 5.41) is 2.53. The van der Waals surface area contributed by atoms with Crippen molar-refractivity contribution >= 4 is 11.9 Å². The maximum Gasteiger partial charge on any atom is 0.328 e. The number of carbonyl (C=O) groups is 2. The molecular formula is C12H16N2O3. The van der Waals surface area contributed by atoms with Gasteiger partial charge >= 0.3 is 5.97 Å². The SMILES string of the molecule is COC(=O)[C@H](Cc1ccccc1)NC(=O)CN. The monoisotopic (exact) mass is 236 g/mol.